The third-order valence-corrected chi connectivity index (χ3v) is 9.67. The summed E-state index contributed by atoms with van der Waals surface area (Å²) in [6.45, 7) is 7.31. The zero-order chi connectivity index (χ0) is 24.5. The maximum absolute atomic E-state index is 13.6. The molecule has 4 aliphatic heterocycles. The molecule has 0 N–H and O–H groups in total. The van der Waals surface area contributed by atoms with Crippen LogP contribution in [0.1, 0.15) is 54.2 Å². The average molecular weight is 513 g/mol. The molecule has 1 aromatic heterocycles. The Morgan fingerprint density at radius 3 is 2.50 bits per heavy atom. The molecule has 0 unspecified atom stereocenters. The van der Waals surface area contributed by atoms with Gasteiger partial charge in [0.15, 0.2) is 10.6 Å². The van der Waals surface area contributed by atoms with Crippen molar-refractivity contribution in [1.82, 2.24) is 19.6 Å². The van der Waals surface area contributed by atoms with Gasteiger partial charge in [-0.1, -0.05) is 12.1 Å². The molecule has 9 heteroatoms. The van der Waals surface area contributed by atoms with Crippen LogP contribution >= 0.6 is 0 Å². The molecular weight excluding hydrogens is 476 g/mol. The third-order valence-electron chi connectivity index (χ3n) is 8.27. The van der Waals surface area contributed by atoms with Crippen LogP contribution in [-0.4, -0.2) is 89.2 Å². The monoisotopic (exact) mass is 512 g/mol. The van der Waals surface area contributed by atoms with Crippen LogP contribution in [0.3, 0.4) is 0 Å². The number of rotatable bonds is 5. The van der Waals surface area contributed by atoms with Gasteiger partial charge in [0.25, 0.3) is 5.91 Å². The van der Waals surface area contributed by atoms with Gasteiger partial charge in [-0.15, -0.1) is 0 Å². The summed E-state index contributed by atoms with van der Waals surface area (Å²) in [7, 11) is 0. The van der Waals surface area contributed by atoms with Crippen molar-refractivity contribution >= 4 is 17.1 Å². The van der Waals surface area contributed by atoms with Crippen LogP contribution in [0, 0.1) is 5.92 Å². The second kappa shape index (κ2) is 10.8. The first-order valence-electron chi connectivity index (χ1n) is 13.5. The number of carbonyl (C=O) groups excluding carboxylic acids is 1. The number of nitrogens with zero attached hydrogens (tertiary/aromatic N) is 4. The molecule has 8 nitrogen and oxygen atoms in total. The van der Waals surface area contributed by atoms with Crippen molar-refractivity contribution in [2.45, 2.75) is 48.8 Å². The SMILES string of the molecule is O=C(c1nn(C2CCN(CCC3CCOCC3)CC2)c2c1C[S@+]([O-])c1ccccc1-2)N1CCOCC1. The third kappa shape index (κ3) is 4.84. The topological polar surface area (TPSA) is 82.9 Å². The predicted octanol–water partition coefficient (Wildman–Crippen LogP) is 3.10. The molecule has 0 bridgehead atoms. The number of hydrogen-bond acceptors (Lipinski definition) is 6. The molecule has 0 radical (unpaired) electrons. The largest absolute Gasteiger partial charge is 0.611 e. The van der Waals surface area contributed by atoms with E-state index in [9.17, 15) is 9.35 Å². The zero-order valence-electron chi connectivity index (χ0n) is 20.9. The summed E-state index contributed by atoms with van der Waals surface area (Å²) in [6.07, 6.45) is 5.66. The van der Waals surface area contributed by atoms with Crippen LogP contribution in [0.15, 0.2) is 29.2 Å². The van der Waals surface area contributed by atoms with Crippen LogP contribution in [0.25, 0.3) is 11.3 Å². The number of hydrogen-bond donors (Lipinski definition) is 0. The van der Waals surface area contributed by atoms with Crippen molar-refractivity contribution in [1.29, 1.82) is 0 Å². The van der Waals surface area contributed by atoms with E-state index in [1.54, 1.807) is 0 Å². The Hall–Kier alpha value is -1.91. The molecule has 1 aromatic carbocycles. The van der Waals surface area contributed by atoms with Crippen LogP contribution in [0.4, 0.5) is 0 Å². The van der Waals surface area contributed by atoms with Crippen molar-refractivity contribution in [2.75, 3.05) is 59.2 Å². The summed E-state index contributed by atoms with van der Waals surface area (Å²) in [5.74, 6) is 1.08. The molecule has 3 fully saturated rings. The fraction of sp³-hybridized carbons (Fsp3) is 0.630. The molecule has 6 rings (SSSR count). The van der Waals surface area contributed by atoms with E-state index < -0.39 is 11.2 Å². The van der Waals surface area contributed by atoms with Gasteiger partial charge in [-0.25, -0.2) is 0 Å². The fourth-order valence-electron chi connectivity index (χ4n) is 6.10. The van der Waals surface area contributed by atoms with Gasteiger partial charge in [0.05, 0.1) is 36.1 Å². The Kier molecular flexibility index (Phi) is 7.35. The molecule has 5 heterocycles. The lowest BCUT2D eigenvalue weighted by Gasteiger charge is -2.34. The molecule has 0 aliphatic carbocycles. The van der Waals surface area contributed by atoms with Gasteiger partial charge >= 0.3 is 0 Å². The molecule has 1 atom stereocenters. The van der Waals surface area contributed by atoms with Crippen molar-refractivity contribution < 1.29 is 18.8 Å². The van der Waals surface area contributed by atoms with Crippen molar-refractivity contribution in [3.63, 3.8) is 0 Å². The summed E-state index contributed by atoms with van der Waals surface area (Å²) in [4.78, 5) is 18.8. The highest BCUT2D eigenvalue weighted by atomic mass is 32.2. The number of ether oxygens (including phenoxy) is 2. The molecule has 4 aliphatic rings. The molecule has 1 amide bonds. The summed E-state index contributed by atoms with van der Waals surface area (Å²) in [6, 6.07) is 8.16. The molecule has 194 valence electrons. The molecule has 3 saturated heterocycles. The Morgan fingerprint density at radius 1 is 1.00 bits per heavy atom. The minimum atomic E-state index is -1.18. The molecule has 0 spiro atoms. The highest BCUT2D eigenvalue weighted by Gasteiger charge is 2.38. The minimum absolute atomic E-state index is 0.0569. The van der Waals surface area contributed by atoms with E-state index in [1.807, 2.05) is 29.2 Å². The van der Waals surface area contributed by atoms with E-state index >= 15 is 0 Å². The maximum Gasteiger partial charge on any atom is 0.275 e. The molecular formula is C27H36N4O4S. The van der Waals surface area contributed by atoms with Gasteiger partial charge in [-0.2, -0.15) is 5.10 Å². The summed E-state index contributed by atoms with van der Waals surface area (Å²) in [5, 5.41) is 4.99. The fourth-order valence-corrected chi connectivity index (χ4v) is 7.43. The van der Waals surface area contributed by atoms with Crippen molar-refractivity contribution in [3.05, 3.63) is 35.5 Å². The second-order valence-corrected chi connectivity index (χ2v) is 11.8. The van der Waals surface area contributed by atoms with E-state index in [2.05, 4.69) is 9.58 Å². The highest BCUT2D eigenvalue weighted by molar-refractivity contribution is 7.90. The van der Waals surface area contributed by atoms with Crippen LogP contribution < -0.4 is 0 Å². The first-order valence-corrected chi connectivity index (χ1v) is 14.8. The predicted molar refractivity (Wildman–Crippen MR) is 137 cm³/mol. The van der Waals surface area contributed by atoms with Gasteiger partial charge in [-0.05, 0) is 67.9 Å². The Morgan fingerprint density at radius 2 is 1.72 bits per heavy atom. The minimum Gasteiger partial charge on any atom is -0.611 e. The number of fused-ring (bicyclic) bond motifs is 3. The van der Waals surface area contributed by atoms with Crippen molar-refractivity contribution in [2.24, 2.45) is 5.92 Å². The number of benzene rings is 1. The molecule has 36 heavy (non-hydrogen) atoms. The molecule has 2 aromatic rings. The standard InChI is InChI=1S/C27H36N4O4S/c32-27(30-13-17-35-18-14-30)25-23-19-36(33)24-4-2-1-3-22(24)26(23)31(28-25)21-6-11-29(12-7-21)10-5-20-8-15-34-16-9-20/h1-4,20-21H,5-19H2/t36-/m0/s1. The quantitative estimate of drug-likeness (QED) is 0.573. The Bertz CT molecular complexity index is 1070. The van der Waals surface area contributed by atoms with Gasteiger partial charge in [0.1, 0.15) is 5.75 Å². The number of amides is 1. The van der Waals surface area contributed by atoms with E-state index in [0.29, 0.717) is 37.8 Å². The Balaban J connectivity index is 1.24. The van der Waals surface area contributed by atoms with Gasteiger partial charge < -0.3 is 23.8 Å². The van der Waals surface area contributed by atoms with E-state index in [4.69, 9.17) is 14.6 Å². The second-order valence-electron chi connectivity index (χ2n) is 10.4. The Labute approximate surface area is 216 Å². The maximum atomic E-state index is 13.6. The zero-order valence-corrected chi connectivity index (χ0v) is 21.7. The van der Waals surface area contributed by atoms with Gasteiger partial charge in [0.2, 0.25) is 0 Å². The van der Waals surface area contributed by atoms with Gasteiger partial charge in [-0.3, -0.25) is 9.48 Å². The van der Waals surface area contributed by atoms with E-state index in [1.165, 1.54) is 19.3 Å². The average Bonchev–Trinajstić information content (AvgIpc) is 3.32. The number of morpholine rings is 1. The lowest BCUT2D eigenvalue weighted by Crippen LogP contribution is -2.41. The number of carbonyl (C=O) groups is 1. The number of piperidine rings is 1. The smallest absolute Gasteiger partial charge is 0.275 e. The van der Waals surface area contributed by atoms with Crippen LogP contribution in [0.2, 0.25) is 0 Å². The summed E-state index contributed by atoms with van der Waals surface area (Å²) < 4.78 is 26.2. The first kappa shape index (κ1) is 24.4. The lowest BCUT2D eigenvalue weighted by atomic mass is 9.95. The molecule has 0 saturated carbocycles. The van der Waals surface area contributed by atoms with E-state index in [-0.39, 0.29) is 11.9 Å². The number of likely N-dealkylation sites (tertiary alicyclic amines) is 1. The lowest BCUT2D eigenvalue weighted by molar-refractivity contribution is 0.0297. The summed E-state index contributed by atoms with van der Waals surface area (Å²) >= 11 is -1.18. The van der Waals surface area contributed by atoms with Gasteiger partial charge in [0, 0.05) is 39.4 Å². The highest BCUT2D eigenvalue weighted by Crippen LogP contribution is 2.42. The summed E-state index contributed by atoms with van der Waals surface area (Å²) in [5.41, 5.74) is 3.30. The van der Waals surface area contributed by atoms with Crippen LogP contribution in [-0.2, 0) is 26.4 Å². The normalized spacial score (nSPS) is 23.9. The number of aromatic nitrogens is 2. The first-order chi connectivity index (χ1) is 17.7. The van der Waals surface area contributed by atoms with Crippen LogP contribution in [0.5, 0.6) is 0 Å². The van der Waals surface area contributed by atoms with Crippen molar-refractivity contribution in [3.8, 4) is 11.3 Å². The van der Waals surface area contributed by atoms with E-state index in [0.717, 1.165) is 73.3 Å².